The number of alkyl halides is 6. The molecule has 1 rings (SSSR count). The molecule has 0 fully saturated rings. The lowest BCUT2D eigenvalue weighted by molar-refractivity contribution is -0.149. The SMILES string of the molecule is O=C(O)C(O)c1cc(I)c(C(F)(F)F)cc1C(F)(F)F. The molecule has 2 N–H and O–H groups in total. The number of rotatable bonds is 2. The lowest BCUT2D eigenvalue weighted by Crippen LogP contribution is -2.20. The van der Waals surface area contributed by atoms with Crippen LogP contribution in [0, 0.1) is 3.57 Å². The van der Waals surface area contributed by atoms with Crippen LogP contribution < -0.4 is 0 Å². The predicted octanol–water partition coefficient (Wildman–Crippen LogP) is 3.45. The first kappa shape index (κ1) is 17.0. The van der Waals surface area contributed by atoms with Crippen LogP contribution >= 0.6 is 22.6 Å². The Morgan fingerprint density at radius 2 is 1.50 bits per heavy atom. The number of hydrogen-bond acceptors (Lipinski definition) is 2. The summed E-state index contributed by atoms with van der Waals surface area (Å²) >= 11 is 1.12. The van der Waals surface area contributed by atoms with E-state index in [0.717, 1.165) is 22.6 Å². The monoisotopic (exact) mass is 414 g/mol. The van der Waals surface area contributed by atoms with Gasteiger partial charge in [0.05, 0.1) is 11.1 Å². The van der Waals surface area contributed by atoms with Crippen molar-refractivity contribution >= 4 is 28.6 Å². The van der Waals surface area contributed by atoms with Gasteiger partial charge in [0.2, 0.25) is 0 Å². The van der Waals surface area contributed by atoms with Crippen molar-refractivity contribution in [1.82, 2.24) is 0 Å². The zero-order valence-corrected chi connectivity index (χ0v) is 11.3. The van der Waals surface area contributed by atoms with Crippen LogP contribution in [0.4, 0.5) is 26.3 Å². The Morgan fingerprint density at radius 3 is 1.85 bits per heavy atom. The smallest absolute Gasteiger partial charge is 0.417 e. The van der Waals surface area contributed by atoms with Crippen molar-refractivity contribution in [2.24, 2.45) is 0 Å². The van der Waals surface area contributed by atoms with E-state index >= 15 is 0 Å². The third-order valence-corrected chi connectivity index (χ3v) is 3.17. The number of aliphatic hydroxyl groups is 1. The Kier molecular flexibility index (Phi) is 4.58. The molecule has 1 unspecified atom stereocenters. The Labute approximate surface area is 121 Å². The summed E-state index contributed by atoms with van der Waals surface area (Å²) < 4.78 is 75.1. The molecule has 0 aliphatic carbocycles. The van der Waals surface area contributed by atoms with Gasteiger partial charge in [0.15, 0.2) is 6.10 Å². The average Bonchev–Trinajstić information content (AvgIpc) is 2.23. The van der Waals surface area contributed by atoms with Crippen molar-refractivity contribution < 1.29 is 41.4 Å². The first-order valence-electron chi connectivity index (χ1n) is 4.74. The number of hydrogen-bond donors (Lipinski definition) is 2. The van der Waals surface area contributed by atoms with Gasteiger partial charge in [0.25, 0.3) is 0 Å². The van der Waals surface area contributed by atoms with Crippen LogP contribution in [-0.2, 0) is 17.1 Å². The van der Waals surface area contributed by atoms with Gasteiger partial charge >= 0.3 is 18.3 Å². The van der Waals surface area contributed by atoms with Crippen LogP contribution in [0.25, 0.3) is 0 Å². The predicted molar refractivity (Wildman–Crippen MR) is 61.8 cm³/mol. The fourth-order valence-corrected chi connectivity index (χ4v) is 2.21. The van der Waals surface area contributed by atoms with Gasteiger partial charge in [-0.15, -0.1) is 0 Å². The number of carboxylic acids is 1. The van der Waals surface area contributed by atoms with Crippen LogP contribution in [0.15, 0.2) is 12.1 Å². The Balaban J connectivity index is 3.62. The third-order valence-electron chi connectivity index (χ3n) is 2.28. The van der Waals surface area contributed by atoms with Crippen molar-refractivity contribution in [3.63, 3.8) is 0 Å². The van der Waals surface area contributed by atoms with Crippen molar-refractivity contribution in [3.05, 3.63) is 32.4 Å². The molecule has 0 radical (unpaired) electrons. The van der Waals surface area contributed by atoms with Gasteiger partial charge in [-0.1, -0.05) is 0 Å². The standard InChI is InChI=1S/C10H5F6IO3/c11-9(12,13)4-2-5(10(14,15)16)6(17)1-3(4)7(18)8(19)20/h1-2,7,18H,(H,19,20). The summed E-state index contributed by atoms with van der Waals surface area (Å²) in [5.74, 6) is -1.99. The topological polar surface area (TPSA) is 57.5 Å². The highest BCUT2D eigenvalue weighted by molar-refractivity contribution is 14.1. The summed E-state index contributed by atoms with van der Waals surface area (Å²) in [4.78, 5) is 10.5. The summed E-state index contributed by atoms with van der Waals surface area (Å²) in [6.07, 6.45) is -12.8. The molecule has 0 saturated carbocycles. The molecule has 0 bridgehead atoms. The van der Waals surface area contributed by atoms with E-state index in [-0.39, 0.29) is 6.07 Å². The molecule has 0 heterocycles. The molecule has 0 saturated heterocycles. The zero-order chi connectivity index (χ0) is 15.9. The van der Waals surface area contributed by atoms with Crippen LogP contribution in [0.2, 0.25) is 0 Å². The van der Waals surface area contributed by atoms with Gasteiger partial charge in [-0.2, -0.15) is 26.3 Å². The minimum Gasteiger partial charge on any atom is -0.479 e. The van der Waals surface area contributed by atoms with E-state index in [9.17, 15) is 36.2 Å². The first-order chi connectivity index (χ1) is 8.85. The zero-order valence-electron chi connectivity index (χ0n) is 9.18. The van der Waals surface area contributed by atoms with Crippen LogP contribution in [0.5, 0.6) is 0 Å². The number of aliphatic hydroxyl groups excluding tert-OH is 1. The lowest BCUT2D eigenvalue weighted by Gasteiger charge is -2.19. The van der Waals surface area contributed by atoms with Crippen molar-refractivity contribution in [3.8, 4) is 0 Å². The fourth-order valence-electron chi connectivity index (χ4n) is 1.41. The van der Waals surface area contributed by atoms with Crippen LogP contribution in [-0.4, -0.2) is 16.2 Å². The molecule has 0 aliphatic heterocycles. The highest BCUT2D eigenvalue weighted by atomic mass is 127. The van der Waals surface area contributed by atoms with Gasteiger partial charge in [-0.3, -0.25) is 0 Å². The third kappa shape index (κ3) is 3.53. The number of halogens is 7. The summed E-state index contributed by atoms with van der Waals surface area (Å²) in [6.45, 7) is 0. The second-order valence-electron chi connectivity index (χ2n) is 3.66. The van der Waals surface area contributed by atoms with E-state index in [1.165, 1.54) is 0 Å². The Bertz CT molecular complexity index is 537. The molecular formula is C10H5F6IO3. The molecular weight excluding hydrogens is 409 g/mol. The van der Waals surface area contributed by atoms with Crippen molar-refractivity contribution in [1.29, 1.82) is 0 Å². The number of benzene rings is 1. The normalized spacial score (nSPS) is 14.2. The molecule has 20 heavy (non-hydrogen) atoms. The van der Waals surface area contributed by atoms with Gasteiger partial charge in [-0.25, -0.2) is 4.79 Å². The average molecular weight is 414 g/mol. The minimum atomic E-state index is -5.23. The molecule has 3 nitrogen and oxygen atoms in total. The van der Waals surface area contributed by atoms with E-state index in [1.54, 1.807) is 0 Å². The van der Waals surface area contributed by atoms with E-state index in [0.29, 0.717) is 6.07 Å². The molecule has 10 heteroatoms. The van der Waals surface area contributed by atoms with Gasteiger partial charge in [-0.05, 0) is 34.7 Å². The number of carbonyl (C=O) groups is 1. The van der Waals surface area contributed by atoms with Crippen molar-refractivity contribution in [2.45, 2.75) is 18.5 Å². The number of aliphatic carboxylic acids is 1. The molecule has 1 atom stereocenters. The van der Waals surface area contributed by atoms with E-state index in [1.807, 2.05) is 0 Å². The minimum absolute atomic E-state index is 0.205. The van der Waals surface area contributed by atoms with Gasteiger partial charge in [0.1, 0.15) is 0 Å². The quantitative estimate of drug-likeness (QED) is 0.576. The summed E-state index contributed by atoms with van der Waals surface area (Å²) in [7, 11) is 0. The maximum atomic E-state index is 12.7. The molecule has 0 amide bonds. The Morgan fingerprint density at radius 1 is 1.05 bits per heavy atom. The number of carboxylic acid groups (broad SMARTS) is 1. The second kappa shape index (κ2) is 5.39. The van der Waals surface area contributed by atoms with Crippen molar-refractivity contribution in [2.75, 3.05) is 0 Å². The molecule has 0 aromatic heterocycles. The Hall–Kier alpha value is -1.04. The highest BCUT2D eigenvalue weighted by Gasteiger charge is 2.41. The van der Waals surface area contributed by atoms with E-state index < -0.39 is 44.7 Å². The lowest BCUT2D eigenvalue weighted by atomic mass is 9.99. The van der Waals surface area contributed by atoms with E-state index in [4.69, 9.17) is 5.11 Å². The van der Waals surface area contributed by atoms with Crippen LogP contribution in [0.1, 0.15) is 22.8 Å². The molecule has 0 spiro atoms. The molecule has 1 aromatic carbocycles. The fraction of sp³-hybridized carbons (Fsp3) is 0.300. The molecule has 0 aliphatic rings. The largest absolute Gasteiger partial charge is 0.479 e. The summed E-state index contributed by atoms with van der Waals surface area (Å²) in [5.41, 5.74) is -4.52. The second-order valence-corrected chi connectivity index (χ2v) is 4.82. The van der Waals surface area contributed by atoms with E-state index in [2.05, 4.69) is 0 Å². The van der Waals surface area contributed by atoms with Gasteiger partial charge < -0.3 is 10.2 Å². The summed E-state index contributed by atoms with van der Waals surface area (Å²) in [5, 5.41) is 17.7. The summed E-state index contributed by atoms with van der Waals surface area (Å²) in [6, 6.07) is 0.161. The molecule has 1 aromatic rings. The van der Waals surface area contributed by atoms with Gasteiger partial charge in [0, 0.05) is 9.13 Å². The maximum absolute atomic E-state index is 12.7. The maximum Gasteiger partial charge on any atom is 0.417 e. The van der Waals surface area contributed by atoms with Crippen LogP contribution in [0.3, 0.4) is 0 Å². The molecule has 112 valence electrons. The first-order valence-corrected chi connectivity index (χ1v) is 5.82. The highest BCUT2D eigenvalue weighted by Crippen LogP contribution is 2.41.